The van der Waals surface area contributed by atoms with Gasteiger partial charge in [0.2, 0.25) is 5.95 Å². The van der Waals surface area contributed by atoms with Crippen molar-refractivity contribution in [1.82, 2.24) is 9.97 Å². The molecule has 1 aliphatic heterocycles. The van der Waals surface area contributed by atoms with Crippen LogP contribution in [-0.4, -0.2) is 36.3 Å². The maximum absolute atomic E-state index is 6.03. The first-order valence-corrected chi connectivity index (χ1v) is 10.5. The van der Waals surface area contributed by atoms with Crippen LogP contribution in [0.25, 0.3) is 22.0 Å². The highest BCUT2D eigenvalue weighted by molar-refractivity contribution is 5.96. The summed E-state index contributed by atoms with van der Waals surface area (Å²) in [4.78, 5) is 11.7. The number of aromatic nitrogens is 2. The molecule has 5 rings (SSSR count). The molecule has 4 aromatic rings. The van der Waals surface area contributed by atoms with E-state index < -0.39 is 0 Å². The summed E-state index contributed by atoms with van der Waals surface area (Å²) in [6.07, 6.45) is 1.86. The Morgan fingerprint density at radius 3 is 2.58 bits per heavy atom. The number of morpholine rings is 1. The molecule has 2 heterocycles. The van der Waals surface area contributed by atoms with Crippen LogP contribution in [0.3, 0.4) is 0 Å². The summed E-state index contributed by atoms with van der Waals surface area (Å²) in [6.45, 7) is 5.50. The first-order valence-electron chi connectivity index (χ1n) is 10.5. The van der Waals surface area contributed by atoms with Crippen molar-refractivity contribution < 1.29 is 4.74 Å². The number of nitrogens with one attached hydrogen (secondary N) is 1. The van der Waals surface area contributed by atoms with Crippen molar-refractivity contribution in [3.8, 4) is 11.1 Å². The number of fused-ring (bicyclic) bond motifs is 1. The van der Waals surface area contributed by atoms with Crippen molar-refractivity contribution in [2.45, 2.75) is 6.92 Å². The van der Waals surface area contributed by atoms with Gasteiger partial charge in [0.15, 0.2) is 0 Å². The van der Waals surface area contributed by atoms with E-state index in [1.165, 1.54) is 5.69 Å². The number of anilines is 4. The molecule has 1 saturated heterocycles. The second kappa shape index (κ2) is 8.24. The predicted octanol–water partition coefficient (Wildman–Crippen LogP) is 4.77. The molecule has 6 heteroatoms. The SMILES string of the molecule is Cc1ccc2cnc(Nc3ccc(N4CCOCC4)cc3)nc2c1-c1cccc(N)c1. The minimum absolute atomic E-state index is 0.572. The third-order valence-electron chi connectivity index (χ3n) is 5.64. The molecule has 0 aliphatic carbocycles. The average molecular weight is 412 g/mol. The van der Waals surface area contributed by atoms with Crippen molar-refractivity contribution in [3.05, 3.63) is 72.4 Å². The third-order valence-corrected chi connectivity index (χ3v) is 5.64. The number of nitrogens with two attached hydrogens (primary N) is 1. The van der Waals surface area contributed by atoms with Crippen LogP contribution in [0.4, 0.5) is 23.0 Å². The van der Waals surface area contributed by atoms with Crippen LogP contribution in [0.15, 0.2) is 66.9 Å². The van der Waals surface area contributed by atoms with E-state index >= 15 is 0 Å². The number of aryl methyl sites for hydroxylation is 1. The molecule has 1 aliphatic rings. The number of hydrogen-bond donors (Lipinski definition) is 2. The lowest BCUT2D eigenvalue weighted by Crippen LogP contribution is -2.36. The number of rotatable bonds is 4. The summed E-state index contributed by atoms with van der Waals surface area (Å²) in [5, 5.41) is 4.34. The Balaban J connectivity index is 1.46. The van der Waals surface area contributed by atoms with Gasteiger partial charge < -0.3 is 20.7 Å². The average Bonchev–Trinajstić information content (AvgIpc) is 2.80. The van der Waals surface area contributed by atoms with Gasteiger partial charge in [-0.2, -0.15) is 0 Å². The first-order chi connectivity index (χ1) is 15.2. The Labute approximate surface area is 181 Å². The molecule has 0 spiro atoms. The van der Waals surface area contributed by atoms with E-state index in [0.29, 0.717) is 5.95 Å². The van der Waals surface area contributed by atoms with Crippen molar-refractivity contribution in [1.29, 1.82) is 0 Å². The quantitative estimate of drug-likeness (QED) is 0.471. The van der Waals surface area contributed by atoms with Crippen LogP contribution in [0.5, 0.6) is 0 Å². The minimum atomic E-state index is 0.572. The predicted molar refractivity (Wildman–Crippen MR) is 127 cm³/mol. The van der Waals surface area contributed by atoms with Gasteiger partial charge in [-0.3, -0.25) is 0 Å². The fraction of sp³-hybridized carbons (Fsp3) is 0.200. The van der Waals surface area contributed by atoms with E-state index in [4.69, 9.17) is 15.5 Å². The molecule has 156 valence electrons. The number of hydrogen-bond acceptors (Lipinski definition) is 6. The van der Waals surface area contributed by atoms with Crippen LogP contribution < -0.4 is 16.0 Å². The number of ether oxygens (including phenoxy) is 1. The Hall–Kier alpha value is -3.64. The molecule has 31 heavy (non-hydrogen) atoms. The van der Waals surface area contributed by atoms with Crippen molar-refractivity contribution >= 4 is 33.9 Å². The Bertz CT molecular complexity index is 1220. The summed E-state index contributed by atoms with van der Waals surface area (Å²) in [6, 6.07) is 20.4. The van der Waals surface area contributed by atoms with Gasteiger partial charge in [0.05, 0.1) is 18.7 Å². The zero-order valence-corrected chi connectivity index (χ0v) is 17.5. The first kappa shape index (κ1) is 19.3. The molecule has 0 atom stereocenters. The lowest BCUT2D eigenvalue weighted by atomic mass is 9.97. The number of nitrogens with zero attached hydrogens (tertiary/aromatic N) is 3. The molecule has 0 bridgehead atoms. The van der Waals surface area contributed by atoms with E-state index in [-0.39, 0.29) is 0 Å². The maximum Gasteiger partial charge on any atom is 0.227 e. The van der Waals surface area contributed by atoms with Gasteiger partial charge in [0.1, 0.15) is 0 Å². The Morgan fingerprint density at radius 2 is 1.81 bits per heavy atom. The summed E-state index contributed by atoms with van der Waals surface area (Å²) in [5.41, 5.74) is 13.1. The van der Waals surface area contributed by atoms with Gasteiger partial charge in [0, 0.05) is 47.3 Å². The Kier molecular flexibility index (Phi) is 5.14. The van der Waals surface area contributed by atoms with Crippen LogP contribution in [-0.2, 0) is 4.74 Å². The van der Waals surface area contributed by atoms with Gasteiger partial charge >= 0.3 is 0 Å². The monoisotopic (exact) mass is 411 g/mol. The minimum Gasteiger partial charge on any atom is -0.399 e. The van der Waals surface area contributed by atoms with Crippen molar-refractivity contribution in [3.63, 3.8) is 0 Å². The molecule has 0 saturated carbocycles. The smallest absolute Gasteiger partial charge is 0.227 e. The van der Waals surface area contributed by atoms with E-state index in [2.05, 4.69) is 64.6 Å². The zero-order valence-electron chi connectivity index (χ0n) is 17.5. The van der Waals surface area contributed by atoms with Crippen LogP contribution in [0, 0.1) is 6.92 Å². The highest BCUT2D eigenvalue weighted by atomic mass is 16.5. The zero-order chi connectivity index (χ0) is 21.2. The van der Waals surface area contributed by atoms with E-state index in [1.54, 1.807) is 0 Å². The largest absolute Gasteiger partial charge is 0.399 e. The van der Waals surface area contributed by atoms with Gasteiger partial charge in [-0.15, -0.1) is 0 Å². The molecule has 3 aromatic carbocycles. The van der Waals surface area contributed by atoms with Crippen LogP contribution in [0.2, 0.25) is 0 Å². The summed E-state index contributed by atoms with van der Waals surface area (Å²) in [5.74, 6) is 0.572. The standard InChI is InChI=1S/C25H25N5O/c1-17-5-6-19-16-27-25(29-24(19)23(17)18-3-2-4-20(26)15-18)28-21-7-9-22(10-8-21)30-11-13-31-14-12-30/h2-10,15-16H,11-14,26H2,1H3,(H,27,28,29). The molecule has 1 fully saturated rings. The van der Waals surface area contributed by atoms with Gasteiger partial charge in [-0.25, -0.2) is 9.97 Å². The lowest BCUT2D eigenvalue weighted by molar-refractivity contribution is 0.122. The molecule has 6 nitrogen and oxygen atoms in total. The summed E-state index contributed by atoms with van der Waals surface area (Å²) in [7, 11) is 0. The third kappa shape index (κ3) is 4.02. The second-order valence-electron chi connectivity index (χ2n) is 7.79. The maximum atomic E-state index is 6.03. The van der Waals surface area contributed by atoms with Gasteiger partial charge in [-0.1, -0.05) is 24.3 Å². The van der Waals surface area contributed by atoms with E-state index in [1.807, 2.05) is 24.4 Å². The summed E-state index contributed by atoms with van der Waals surface area (Å²) < 4.78 is 5.44. The fourth-order valence-electron chi connectivity index (χ4n) is 4.02. The number of benzene rings is 3. The topological polar surface area (TPSA) is 76.3 Å². The molecule has 0 amide bonds. The Morgan fingerprint density at radius 1 is 1.00 bits per heavy atom. The second-order valence-corrected chi connectivity index (χ2v) is 7.79. The molecule has 0 unspecified atom stereocenters. The van der Waals surface area contributed by atoms with Gasteiger partial charge in [0.25, 0.3) is 0 Å². The fourth-order valence-corrected chi connectivity index (χ4v) is 4.02. The highest BCUT2D eigenvalue weighted by Gasteiger charge is 2.13. The highest BCUT2D eigenvalue weighted by Crippen LogP contribution is 2.32. The number of nitrogen functional groups attached to an aromatic ring is 1. The van der Waals surface area contributed by atoms with E-state index in [9.17, 15) is 0 Å². The molecule has 1 aromatic heterocycles. The molecular formula is C25H25N5O. The molecule has 3 N–H and O–H groups in total. The van der Waals surface area contributed by atoms with Crippen molar-refractivity contribution in [2.75, 3.05) is 42.3 Å². The lowest BCUT2D eigenvalue weighted by Gasteiger charge is -2.28. The summed E-state index contributed by atoms with van der Waals surface area (Å²) >= 11 is 0. The van der Waals surface area contributed by atoms with Crippen LogP contribution in [0.1, 0.15) is 5.56 Å². The van der Waals surface area contributed by atoms with E-state index in [0.717, 1.165) is 65.3 Å². The van der Waals surface area contributed by atoms with Crippen molar-refractivity contribution in [2.24, 2.45) is 0 Å². The molecule has 0 radical (unpaired) electrons. The molecular weight excluding hydrogens is 386 g/mol. The van der Waals surface area contributed by atoms with Gasteiger partial charge in [-0.05, 0) is 54.4 Å². The van der Waals surface area contributed by atoms with Crippen LogP contribution >= 0.6 is 0 Å². The normalized spacial score (nSPS) is 14.0.